The van der Waals surface area contributed by atoms with Crippen LogP contribution in [0.3, 0.4) is 0 Å². The molecule has 0 bridgehead atoms. The molecule has 1 amide bonds. The van der Waals surface area contributed by atoms with Crippen molar-refractivity contribution >= 4 is 28.8 Å². The summed E-state index contributed by atoms with van der Waals surface area (Å²) >= 11 is 7.24. The van der Waals surface area contributed by atoms with Gasteiger partial charge in [0.25, 0.3) is 0 Å². The molecule has 1 aliphatic rings. The molecule has 1 aliphatic heterocycles. The van der Waals surface area contributed by atoms with Gasteiger partial charge in [-0.15, -0.1) is 11.3 Å². The largest absolute Gasteiger partial charge is 0.497 e. The first-order valence-corrected chi connectivity index (χ1v) is 8.95. The van der Waals surface area contributed by atoms with Crippen LogP contribution in [-0.4, -0.2) is 31.1 Å². The minimum atomic E-state index is -0.101. The molecule has 0 aliphatic carbocycles. The van der Waals surface area contributed by atoms with Crippen molar-refractivity contribution in [1.82, 2.24) is 4.90 Å². The van der Waals surface area contributed by atoms with Gasteiger partial charge in [0, 0.05) is 23.0 Å². The molecule has 6 heteroatoms. The topological polar surface area (TPSA) is 38.8 Å². The third-order valence-corrected chi connectivity index (χ3v) is 5.22. The highest BCUT2D eigenvalue weighted by molar-refractivity contribution is 7.10. The number of fused-ring (bicyclic) bond motifs is 1. The lowest BCUT2D eigenvalue weighted by molar-refractivity contribution is -0.129. The second kappa shape index (κ2) is 7.73. The summed E-state index contributed by atoms with van der Waals surface area (Å²) in [5.41, 5.74) is 2.55. The van der Waals surface area contributed by atoms with Gasteiger partial charge in [0.15, 0.2) is 0 Å². The zero-order chi connectivity index (χ0) is 16.9. The maximum Gasteiger partial charge on any atom is 0.248 e. The highest BCUT2D eigenvalue weighted by Crippen LogP contribution is 2.34. The van der Waals surface area contributed by atoms with Gasteiger partial charge in [0.1, 0.15) is 24.1 Å². The summed E-state index contributed by atoms with van der Waals surface area (Å²) in [4.78, 5) is 15.3. The van der Waals surface area contributed by atoms with E-state index < -0.39 is 0 Å². The van der Waals surface area contributed by atoms with Crippen LogP contribution in [0.15, 0.2) is 47.3 Å². The molecular weight excluding hydrogens is 346 g/mol. The Morgan fingerprint density at radius 1 is 1.33 bits per heavy atom. The van der Waals surface area contributed by atoms with Crippen LogP contribution in [0.4, 0.5) is 0 Å². The maximum absolute atomic E-state index is 12.3. The number of rotatable bonds is 5. The Balaban J connectivity index is 1.77. The van der Waals surface area contributed by atoms with Crippen LogP contribution < -0.4 is 9.47 Å². The quantitative estimate of drug-likeness (QED) is 0.753. The van der Waals surface area contributed by atoms with Crippen molar-refractivity contribution in [2.45, 2.75) is 12.5 Å². The van der Waals surface area contributed by atoms with Crippen LogP contribution >= 0.6 is 22.9 Å². The summed E-state index contributed by atoms with van der Waals surface area (Å²) < 4.78 is 11.1. The third-order valence-electron chi connectivity index (χ3n) is 4.04. The first kappa shape index (κ1) is 16.9. The van der Waals surface area contributed by atoms with Gasteiger partial charge < -0.3 is 14.4 Å². The Labute approximate surface area is 150 Å². The second-order valence-corrected chi connectivity index (χ2v) is 6.59. The molecule has 0 radical (unpaired) electrons. The van der Waals surface area contributed by atoms with Crippen molar-refractivity contribution in [1.29, 1.82) is 0 Å². The molecule has 3 rings (SSSR count). The second-order valence-electron chi connectivity index (χ2n) is 5.39. The van der Waals surface area contributed by atoms with Gasteiger partial charge in [-0.25, -0.2) is 0 Å². The number of hydrogen-bond acceptors (Lipinski definition) is 4. The fourth-order valence-electron chi connectivity index (χ4n) is 2.81. The molecule has 0 fully saturated rings. The predicted octanol–water partition coefficient (Wildman–Crippen LogP) is 4.01. The lowest BCUT2D eigenvalue weighted by atomic mass is 10.0. The Morgan fingerprint density at radius 2 is 2.08 bits per heavy atom. The van der Waals surface area contributed by atoms with Crippen molar-refractivity contribution in [3.05, 3.63) is 57.8 Å². The average molecular weight is 364 g/mol. The van der Waals surface area contributed by atoms with Gasteiger partial charge in [0.05, 0.1) is 7.11 Å². The molecule has 2 heterocycles. The molecule has 2 aromatic rings. The Kier molecular flexibility index (Phi) is 5.43. The number of nitrogens with zero attached hydrogens (tertiary/aromatic N) is 1. The van der Waals surface area contributed by atoms with Gasteiger partial charge in [-0.1, -0.05) is 11.6 Å². The molecule has 1 aromatic carbocycles. The van der Waals surface area contributed by atoms with E-state index in [-0.39, 0.29) is 11.9 Å². The van der Waals surface area contributed by atoms with E-state index in [1.54, 1.807) is 18.4 Å². The Hall–Kier alpha value is -1.98. The van der Waals surface area contributed by atoms with Crippen LogP contribution in [-0.2, 0) is 11.2 Å². The number of methoxy groups -OCH3 is 1. The monoisotopic (exact) mass is 363 g/mol. The molecule has 4 nitrogen and oxygen atoms in total. The van der Waals surface area contributed by atoms with Crippen LogP contribution in [0.25, 0.3) is 0 Å². The third kappa shape index (κ3) is 3.57. The maximum atomic E-state index is 12.3. The zero-order valence-corrected chi connectivity index (χ0v) is 14.8. The molecule has 1 atom stereocenters. The molecule has 0 spiro atoms. The summed E-state index contributed by atoms with van der Waals surface area (Å²) in [6.07, 6.45) is 2.25. The smallest absolute Gasteiger partial charge is 0.248 e. The van der Waals surface area contributed by atoms with E-state index in [2.05, 4.69) is 11.4 Å². The molecule has 0 N–H and O–H groups in total. The van der Waals surface area contributed by atoms with E-state index in [9.17, 15) is 4.79 Å². The molecule has 0 saturated heterocycles. The lowest BCUT2D eigenvalue weighted by Gasteiger charge is -2.34. The normalized spacial score (nSPS) is 16.9. The summed E-state index contributed by atoms with van der Waals surface area (Å²) in [5.74, 6) is 1.44. The number of amides is 1. The Morgan fingerprint density at radius 3 is 2.79 bits per heavy atom. The SMILES string of the molecule is COc1ccc(OCC2c3sccc3CCN2C(=O)/C=C/Cl)cc1. The molecule has 1 aromatic heterocycles. The van der Waals surface area contributed by atoms with E-state index >= 15 is 0 Å². The zero-order valence-electron chi connectivity index (χ0n) is 13.3. The summed E-state index contributed by atoms with van der Waals surface area (Å²) in [5, 5.41) is 2.07. The average Bonchev–Trinajstić information content (AvgIpc) is 3.09. The van der Waals surface area contributed by atoms with E-state index in [4.69, 9.17) is 21.1 Å². The van der Waals surface area contributed by atoms with Gasteiger partial charge in [-0.05, 0) is 47.7 Å². The standard InChI is InChI=1S/C18H18ClNO3S/c1-22-14-2-4-15(5-3-14)23-12-16-18-13(8-11-24-18)7-10-20(16)17(21)6-9-19/h2-6,8-9,11,16H,7,10,12H2,1H3/b9-6+. The molecule has 24 heavy (non-hydrogen) atoms. The van der Waals surface area contributed by atoms with Gasteiger partial charge in [-0.3, -0.25) is 4.79 Å². The van der Waals surface area contributed by atoms with Crippen molar-refractivity contribution in [2.24, 2.45) is 0 Å². The van der Waals surface area contributed by atoms with Crippen molar-refractivity contribution in [3.8, 4) is 11.5 Å². The fraction of sp³-hybridized carbons (Fsp3) is 0.278. The number of carbonyl (C=O) groups is 1. The van der Waals surface area contributed by atoms with Gasteiger partial charge in [0.2, 0.25) is 5.91 Å². The Bertz CT molecular complexity index is 726. The summed E-state index contributed by atoms with van der Waals surface area (Å²) in [6.45, 7) is 1.07. The first-order valence-electron chi connectivity index (χ1n) is 7.63. The number of thiophene rings is 1. The van der Waals surface area contributed by atoms with Gasteiger partial charge >= 0.3 is 0 Å². The van der Waals surface area contributed by atoms with E-state index in [1.807, 2.05) is 29.2 Å². The molecule has 126 valence electrons. The number of carbonyl (C=O) groups excluding carboxylic acids is 1. The number of hydrogen-bond donors (Lipinski definition) is 0. The first-order chi connectivity index (χ1) is 11.7. The number of halogens is 1. The van der Waals surface area contributed by atoms with Crippen LogP contribution in [0.2, 0.25) is 0 Å². The lowest BCUT2D eigenvalue weighted by Crippen LogP contribution is -2.41. The van der Waals surface area contributed by atoms with Gasteiger partial charge in [-0.2, -0.15) is 0 Å². The summed E-state index contributed by atoms with van der Waals surface area (Å²) in [6, 6.07) is 9.46. The molecule has 0 saturated carbocycles. The summed E-state index contributed by atoms with van der Waals surface area (Å²) in [7, 11) is 1.63. The minimum Gasteiger partial charge on any atom is -0.497 e. The van der Waals surface area contributed by atoms with Crippen molar-refractivity contribution < 1.29 is 14.3 Å². The predicted molar refractivity (Wildman–Crippen MR) is 96.0 cm³/mol. The van der Waals surface area contributed by atoms with E-state index in [0.717, 1.165) is 17.9 Å². The number of benzene rings is 1. The van der Waals surface area contributed by atoms with Crippen LogP contribution in [0.5, 0.6) is 11.5 Å². The number of ether oxygens (including phenoxy) is 2. The van der Waals surface area contributed by atoms with Crippen molar-refractivity contribution in [3.63, 3.8) is 0 Å². The van der Waals surface area contributed by atoms with E-state index in [1.165, 1.54) is 22.1 Å². The van der Waals surface area contributed by atoms with E-state index in [0.29, 0.717) is 13.2 Å². The van der Waals surface area contributed by atoms with Crippen LogP contribution in [0, 0.1) is 0 Å². The molecule has 1 unspecified atom stereocenters. The molecular formula is C18H18ClNO3S. The highest BCUT2D eigenvalue weighted by Gasteiger charge is 2.31. The minimum absolute atomic E-state index is 0.0904. The van der Waals surface area contributed by atoms with Crippen molar-refractivity contribution in [2.75, 3.05) is 20.3 Å². The van der Waals surface area contributed by atoms with Crippen LogP contribution in [0.1, 0.15) is 16.5 Å². The highest BCUT2D eigenvalue weighted by atomic mass is 35.5. The fourth-order valence-corrected chi connectivity index (χ4v) is 3.97.